The second-order valence-corrected chi connectivity index (χ2v) is 5.06. The number of rotatable bonds is 3. The van der Waals surface area contributed by atoms with Gasteiger partial charge in [-0.2, -0.15) is 0 Å². The van der Waals surface area contributed by atoms with Crippen LogP contribution in [0.5, 0.6) is 0 Å². The van der Waals surface area contributed by atoms with E-state index < -0.39 is 0 Å². The lowest BCUT2D eigenvalue weighted by Crippen LogP contribution is -2.37. The molecule has 0 spiro atoms. The minimum absolute atomic E-state index is 0.109. The number of aromatic nitrogens is 4. The molecule has 0 unspecified atom stereocenters. The maximum Gasteiger partial charge on any atom is 0.203 e. The average molecular weight is 247 g/mol. The molecule has 1 aliphatic carbocycles. The van der Waals surface area contributed by atoms with Crippen molar-refractivity contribution in [2.75, 3.05) is 18.5 Å². The Morgan fingerprint density at radius 3 is 2.94 bits per heavy atom. The van der Waals surface area contributed by atoms with Gasteiger partial charge in [0.05, 0.1) is 6.10 Å². The fourth-order valence-electron chi connectivity index (χ4n) is 2.52. The average Bonchev–Trinajstić information content (AvgIpc) is 2.69. The Hall–Kier alpha value is -1.69. The first-order valence-electron chi connectivity index (χ1n) is 6.20. The van der Waals surface area contributed by atoms with Crippen LogP contribution in [-0.4, -0.2) is 44.4 Å². The van der Waals surface area contributed by atoms with Gasteiger partial charge in [0.15, 0.2) is 5.82 Å². The van der Waals surface area contributed by atoms with Gasteiger partial charge in [0.2, 0.25) is 5.65 Å². The zero-order valence-corrected chi connectivity index (χ0v) is 10.6. The number of hydrogen-bond acceptors (Lipinski definition) is 5. The Morgan fingerprint density at radius 2 is 2.22 bits per heavy atom. The van der Waals surface area contributed by atoms with Gasteiger partial charge in [-0.1, -0.05) is 0 Å². The molecule has 0 radical (unpaired) electrons. The Kier molecular flexibility index (Phi) is 2.66. The van der Waals surface area contributed by atoms with E-state index in [1.807, 2.05) is 24.6 Å². The third-order valence-electron chi connectivity index (χ3n) is 3.58. The molecule has 18 heavy (non-hydrogen) atoms. The zero-order chi connectivity index (χ0) is 12.7. The van der Waals surface area contributed by atoms with E-state index in [2.05, 4.69) is 20.1 Å². The first kappa shape index (κ1) is 11.4. The zero-order valence-electron chi connectivity index (χ0n) is 10.6. The number of aryl methyl sites for hydroxylation is 1. The fourth-order valence-corrected chi connectivity index (χ4v) is 2.52. The first-order valence-corrected chi connectivity index (χ1v) is 6.20. The Balaban J connectivity index is 1.84. The van der Waals surface area contributed by atoms with Crippen LogP contribution in [0, 0.1) is 12.8 Å². The molecule has 2 heterocycles. The largest absolute Gasteiger partial charge is 0.393 e. The number of aliphatic hydroxyl groups is 1. The molecule has 3 rings (SSSR count). The summed E-state index contributed by atoms with van der Waals surface area (Å²) in [6.07, 6.45) is 5.31. The van der Waals surface area contributed by atoms with Crippen molar-refractivity contribution in [1.29, 1.82) is 0 Å². The predicted octanol–water partition coefficient (Wildman–Crippen LogP) is 0.640. The lowest BCUT2D eigenvalue weighted by atomic mass is 9.82. The second-order valence-electron chi connectivity index (χ2n) is 5.06. The molecular formula is C12H17N5O. The van der Waals surface area contributed by atoms with Crippen LogP contribution in [0.3, 0.4) is 0 Å². The van der Waals surface area contributed by atoms with Gasteiger partial charge in [0.1, 0.15) is 5.82 Å². The second kappa shape index (κ2) is 4.20. The number of hydrogen-bond donors (Lipinski definition) is 1. The van der Waals surface area contributed by atoms with Crippen LogP contribution in [0.4, 0.5) is 5.82 Å². The van der Waals surface area contributed by atoms with Crippen molar-refractivity contribution >= 4 is 11.5 Å². The van der Waals surface area contributed by atoms with Crippen molar-refractivity contribution in [2.24, 2.45) is 5.92 Å². The molecule has 1 saturated carbocycles. The van der Waals surface area contributed by atoms with Crippen LogP contribution in [-0.2, 0) is 0 Å². The number of nitrogens with zero attached hydrogens (tertiary/aromatic N) is 5. The highest BCUT2D eigenvalue weighted by Crippen LogP contribution is 2.29. The molecule has 0 atom stereocenters. The van der Waals surface area contributed by atoms with Gasteiger partial charge < -0.3 is 10.0 Å². The molecule has 1 N–H and O–H groups in total. The van der Waals surface area contributed by atoms with Crippen LogP contribution in [0.15, 0.2) is 12.4 Å². The summed E-state index contributed by atoms with van der Waals surface area (Å²) in [6, 6.07) is 0. The molecular weight excluding hydrogens is 230 g/mol. The minimum atomic E-state index is -0.109. The summed E-state index contributed by atoms with van der Waals surface area (Å²) < 4.78 is 1.94. The topological polar surface area (TPSA) is 66.5 Å². The summed E-state index contributed by atoms with van der Waals surface area (Å²) in [7, 11) is 2.01. The molecule has 0 aliphatic heterocycles. The summed E-state index contributed by atoms with van der Waals surface area (Å²) in [5.41, 5.74) is 0.789. The Labute approximate surface area is 105 Å². The molecule has 2 aromatic heterocycles. The van der Waals surface area contributed by atoms with Gasteiger partial charge in [-0.05, 0) is 25.7 Å². The van der Waals surface area contributed by atoms with Crippen molar-refractivity contribution in [2.45, 2.75) is 25.9 Å². The van der Waals surface area contributed by atoms with E-state index in [1.165, 1.54) is 0 Å². The fraction of sp³-hybridized carbons (Fsp3) is 0.583. The van der Waals surface area contributed by atoms with Crippen molar-refractivity contribution < 1.29 is 5.11 Å². The maximum atomic E-state index is 9.32. The van der Waals surface area contributed by atoms with E-state index in [1.54, 1.807) is 6.20 Å². The molecule has 0 saturated heterocycles. The summed E-state index contributed by atoms with van der Waals surface area (Å²) in [6.45, 7) is 2.82. The lowest BCUT2D eigenvalue weighted by molar-refractivity contribution is 0.0464. The molecule has 0 bridgehead atoms. The van der Waals surface area contributed by atoms with Crippen molar-refractivity contribution in [3.8, 4) is 0 Å². The first-order chi connectivity index (χ1) is 8.65. The summed E-state index contributed by atoms with van der Waals surface area (Å²) in [4.78, 5) is 6.49. The molecule has 1 aliphatic rings. The van der Waals surface area contributed by atoms with Gasteiger partial charge in [-0.3, -0.25) is 4.40 Å². The Morgan fingerprint density at radius 1 is 1.44 bits per heavy atom. The van der Waals surface area contributed by atoms with E-state index in [4.69, 9.17) is 0 Å². The van der Waals surface area contributed by atoms with Crippen LogP contribution < -0.4 is 4.90 Å². The van der Waals surface area contributed by atoms with E-state index >= 15 is 0 Å². The van der Waals surface area contributed by atoms with Gasteiger partial charge in [-0.15, -0.1) is 10.2 Å². The number of anilines is 1. The summed E-state index contributed by atoms with van der Waals surface area (Å²) in [5, 5.41) is 17.6. The summed E-state index contributed by atoms with van der Waals surface area (Å²) >= 11 is 0. The van der Waals surface area contributed by atoms with Crippen LogP contribution in [0.2, 0.25) is 0 Å². The molecule has 0 amide bonds. The van der Waals surface area contributed by atoms with Crippen LogP contribution in [0.25, 0.3) is 5.65 Å². The van der Waals surface area contributed by atoms with Crippen molar-refractivity contribution in [3.63, 3.8) is 0 Å². The van der Waals surface area contributed by atoms with Gasteiger partial charge >= 0.3 is 0 Å². The molecule has 6 heteroatoms. The van der Waals surface area contributed by atoms with Gasteiger partial charge in [-0.25, -0.2) is 4.98 Å². The standard InChI is InChI=1S/C12H17N5O/c1-8-14-15-12-11(13-3-4-17(8)12)16(2)7-9-5-10(18)6-9/h3-4,9-10,18H,5-7H2,1-2H3. The van der Waals surface area contributed by atoms with Gasteiger partial charge in [0.25, 0.3) is 0 Å². The van der Waals surface area contributed by atoms with Gasteiger partial charge in [0, 0.05) is 26.0 Å². The Bertz CT molecular complexity index is 561. The highest BCUT2D eigenvalue weighted by atomic mass is 16.3. The van der Waals surface area contributed by atoms with E-state index in [0.717, 1.165) is 36.7 Å². The molecule has 0 aromatic carbocycles. The van der Waals surface area contributed by atoms with E-state index in [9.17, 15) is 5.11 Å². The number of aliphatic hydroxyl groups excluding tert-OH is 1. The molecule has 2 aromatic rings. The summed E-state index contributed by atoms with van der Waals surface area (Å²) in [5.74, 6) is 2.26. The van der Waals surface area contributed by atoms with Crippen LogP contribution in [0.1, 0.15) is 18.7 Å². The minimum Gasteiger partial charge on any atom is -0.393 e. The lowest BCUT2D eigenvalue weighted by Gasteiger charge is -2.34. The molecule has 1 fully saturated rings. The highest BCUT2D eigenvalue weighted by Gasteiger charge is 2.28. The maximum absolute atomic E-state index is 9.32. The third kappa shape index (κ3) is 1.82. The molecule has 96 valence electrons. The quantitative estimate of drug-likeness (QED) is 0.862. The predicted molar refractivity (Wildman–Crippen MR) is 67.5 cm³/mol. The van der Waals surface area contributed by atoms with Crippen LogP contribution >= 0.6 is 0 Å². The monoisotopic (exact) mass is 247 g/mol. The van der Waals surface area contributed by atoms with Crippen molar-refractivity contribution in [1.82, 2.24) is 19.6 Å². The SMILES string of the molecule is Cc1nnc2c(N(C)CC3CC(O)C3)nccn12. The third-order valence-corrected chi connectivity index (χ3v) is 3.58. The smallest absolute Gasteiger partial charge is 0.203 e. The normalized spacial score (nSPS) is 23.1. The molecule has 6 nitrogen and oxygen atoms in total. The highest BCUT2D eigenvalue weighted by molar-refractivity contribution is 5.63. The van der Waals surface area contributed by atoms with E-state index in [-0.39, 0.29) is 6.10 Å². The van der Waals surface area contributed by atoms with E-state index in [0.29, 0.717) is 5.92 Å². The number of fused-ring (bicyclic) bond motifs is 1. The van der Waals surface area contributed by atoms with Crippen molar-refractivity contribution in [3.05, 3.63) is 18.2 Å².